The smallest absolute Gasteiger partial charge is 0.247 e. The fourth-order valence-corrected chi connectivity index (χ4v) is 5.83. The lowest BCUT2D eigenvalue weighted by molar-refractivity contribution is -0.111. The minimum absolute atomic E-state index is 0.227. The number of benzene rings is 2. The number of piperidine rings is 1. The van der Waals surface area contributed by atoms with Gasteiger partial charge >= 0.3 is 0 Å². The Kier molecular flexibility index (Phi) is 9.16. The lowest BCUT2D eigenvalue weighted by Gasteiger charge is -2.41. The van der Waals surface area contributed by atoms with Crippen molar-refractivity contribution in [2.24, 2.45) is 0 Å². The third-order valence-electron chi connectivity index (χ3n) is 8.13. The Balaban J connectivity index is 1.40. The highest BCUT2D eigenvalue weighted by atomic mass is 16.5. The Hall–Kier alpha value is -3.95. The van der Waals surface area contributed by atoms with E-state index in [2.05, 4.69) is 80.4 Å². The maximum atomic E-state index is 12.5. The highest BCUT2D eigenvalue weighted by Gasteiger charge is 2.27. The second kappa shape index (κ2) is 13.1. The van der Waals surface area contributed by atoms with E-state index in [0.29, 0.717) is 11.9 Å². The molecule has 0 atom stereocenters. The summed E-state index contributed by atoms with van der Waals surface area (Å²) in [4.78, 5) is 26.4. The molecule has 0 spiro atoms. The highest BCUT2D eigenvalue weighted by Crippen LogP contribution is 2.36. The number of hydrogen-bond donors (Lipinski definition) is 3. The summed E-state index contributed by atoms with van der Waals surface area (Å²) in [5.41, 5.74) is 7.99. The van der Waals surface area contributed by atoms with Crippen molar-refractivity contribution in [3.63, 3.8) is 0 Å². The van der Waals surface area contributed by atoms with E-state index in [9.17, 15) is 4.79 Å². The first kappa shape index (κ1) is 28.6. The van der Waals surface area contributed by atoms with Gasteiger partial charge in [0.1, 0.15) is 12.1 Å². The van der Waals surface area contributed by atoms with Crippen molar-refractivity contribution in [2.75, 3.05) is 67.3 Å². The Morgan fingerprint density at radius 2 is 1.83 bits per heavy atom. The van der Waals surface area contributed by atoms with Gasteiger partial charge in [-0.2, -0.15) is 0 Å². The van der Waals surface area contributed by atoms with Gasteiger partial charge in [0, 0.05) is 62.3 Å². The zero-order valence-electron chi connectivity index (χ0n) is 24.4. The van der Waals surface area contributed by atoms with Crippen LogP contribution in [0.2, 0.25) is 0 Å². The van der Waals surface area contributed by atoms with Gasteiger partial charge in [-0.05, 0) is 67.7 Å². The third kappa shape index (κ3) is 6.69. The van der Waals surface area contributed by atoms with Crippen molar-refractivity contribution in [1.82, 2.24) is 14.9 Å². The Labute approximate surface area is 243 Å². The summed E-state index contributed by atoms with van der Waals surface area (Å²) in [5.74, 6) is 0.467. The molecule has 3 N–H and O–H groups in total. The van der Waals surface area contributed by atoms with Gasteiger partial charge in [-0.3, -0.25) is 9.69 Å². The lowest BCUT2D eigenvalue weighted by Crippen LogP contribution is -2.49. The van der Waals surface area contributed by atoms with Gasteiger partial charge < -0.3 is 25.6 Å². The van der Waals surface area contributed by atoms with Gasteiger partial charge in [-0.15, -0.1) is 0 Å². The predicted octanol–water partition coefficient (Wildman–Crippen LogP) is 5.23. The molecule has 0 radical (unpaired) electrons. The van der Waals surface area contributed by atoms with Crippen LogP contribution in [0.3, 0.4) is 0 Å². The number of hydrogen-bond acceptors (Lipinski definition) is 8. The molecular formula is C32H41N7O2. The monoisotopic (exact) mass is 555 g/mol. The lowest BCUT2D eigenvalue weighted by atomic mass is 10.00. The number of morpholine rings is 1. The van der Waals surface area contributed by atoms with Crippen LogP contribution in [0.5, 0.6) is 0 Å². The number of ether oxygens (including phenoxy) is 1. The van der Waals surface area contributed by atoms with E-state index >= 15 is 0 Å². The molecule has 9 nitrogen and oxygen atoms in total. The summed E-state index contributed by atoms with van der Waals surface area (Å²) < 4.78 is 5.55. The molecule has 2 aliphatic heterocycles. The number of anilines is 5. The summed E-state index contributed by atoms with van der Waals surface area (Å²) in [6.07, 6.45) is 5.91. The van der Waals surface area contributed by atoms with Crippen LogP contribution in [0.4, 0.5) is 28.6 Å². The SMILES string of the molecule is C=CC(=O)Nc1cc(Nc2cc(-c3ccc(NC)c(C)c3)ncn2)c(CC)cc1N1CCC(N2CCOCC2)CC1. The van der Waals surface area contributed by atoms with E-state index in [4.69, 9.17) is 4.74 Å². The molecule has 1 aromatic heterocycles. The van der Waals surface area contributed by atoms with E-state index in [-0.39, 0.29) is 5.91 Å². The molecule has 0 saturated carbocycles. The molecule has 0 aliphatic carbocycles. The molecule has 41 heavy (non-hydrogen) atoms. The fourth-order valence-electron chi connectivity index (χ4n) is 5.83. The molecule has 1 amide bonds. The van der Waals surface area contributed by atoms with Crippen molar-refractivity contribution in [3.8, 4) is 11.3 Å². The number of nitrogens with one attached hydrogen (secondary N) is 3. The maximum Gasteiger partial charge on any atom is 0.247 e. The molecule has 9 heteroatoms. The molecule has 0 bridgehead atoms. The standard InChI is InChI=1S/C32H41N7O2/c1-5-23-18-30(39-11-9-25(10-12-39)38-13-15-41-16-14-38)29(37-32(40)6-2)19-28(23)36-31-20-27(34-21-35-31)24-7-8-26(33-4)22(3)17-24/h6-8,17-21,25,33H,2,5,9-16H2,1,3-4H3,(H,37,40)(H,34,35,36). The minimum Gasteiger partial charge on any atom is -0.388 e. The normalized spacial score (nSPS) is 16.3. The van der Waals surface area contributed by atoms with E-state index in [1.807, 2.05) is 19.2 Å². The van der Waals surface area contributed by atoms with Gasteiger partial charge in [-0.1, -0.05) is 19.6 Å². The molecule has 0 unspecified atom stereocenters. The summed E-state index contributed by atoms with van der Waals surface area (Å²) in [5, 5.41) is 9.77. The first-order chi connectivity index (χ1) is 20.0. The fraction of sp³-hybridized carbons (Fsp3) is 0.406. The van der Waals surface area contributed by atoms with Crippen LogP contribution in [0.15, 0.2) is 55.4 Å². The Bertz CT molecular complexity index is 1380. The van der Waals surface area contributed by atoms with Gasteiger partial charge in [0.15, 0.2) is 0 Å². The molecule has 2 aliphatic rings. The number of carbonyl (C=O) groups is 1. The summed E-state index contributed by atoms with van der Waals surface area (Å²) in [6.45, 7) is 13.4. The van der Waals surface area contributed by atoms with Crippen molar-refractivity contribution in [2.45, 2.75) is 39.2 Å². The van der Waals surface area contributed by atoms with E-state index < -0.39 is 0 Å². The van der Waals surface area contributed by atoms with Crippen LogP contribution in [0.25, 0.3) is 11.3 Å². The minimum atomic E-state index is -0.227. The van der Waals surface area contributed by atoms with Gasteiger partial charge in [-0.25, -0.2) is 9.97 Å². The van der Waals surface area contributed by atoms with Crippen LogP contribution in [-0.4, -0.2) is 73.3 Å². The Morgan fingerprint density at radius 1 is 1.05 bits per heavy atom. The van der Waals surface area contributed by atoms with Crippen LogP contribution in [-0.2, 0) is 16.0 Å². The average Bonchev–Trinajstić information content (AvgIpc) is 3.02. The van der Waals surface area contributed by atoms with E-state index in [0.717, 1.165) is 104 Å². The van der Waals surface area contributed by atoms with Crippen molar-refractivity contribution < 1.29 is 9.53 Å². The van der Waals surface area contributed by atoms with Gasteiger partial charge in [0.05, 0.1) is 30.3 Å². The molecule has 2 saturated heterocycles. The Morgan fingerprint density at radius 3 is 2.51 bits per heavy atom. The molecule has 2 aromatic carbocycles. The summed E-state index contributed by atoms with van der Waals surface area (Å²) >= 11 is 0. The maximum absolute atomic E-state index is 12.5. The van der Waals surface area contributed by atoms with Crippen molar-refractivity contribution in [3.05, 3.63) is 66.5 Å². The number of aryl methyl sites for hydroxylation is 2. The average molecular weight is 556 g/mol. The summed E-state index contributed by atoms with van der Waals surface area (Å²) in [7, 11) is 1.92. The summed E-state index contributed by atoms with van der Waals surface area (Å²) in [6, 6.07) is 13.0. The second-order valence-corrected chi connectivity index (χ2v) is 10.6. The molecule has 3 aromatic rings. The number of amides is 1. The molecule has 5 rings (SSSR count). The van der Waals surface area contributed by atoms with Crippen LogP contribution >= 0.6 is 0 Å². The van der Waals surface area contributed by atoms with Crippen molar-refractivity contribution in [1.29, 1.82) is 0 Å². The van der Waals surface area contributed by atoms with Crippen LogP contribution in [0.1, 0.15) is 30.9 Å². The highest BCUT2D eigenvalue weighted by molar-refractivity contribution is 6.02. The second-order valence-electron chi connectivity index (χ2n) is 10.6. The quantitative estimate of drug-likeness (QED) is 0.309. The van der Waals surface area contributed by atoms with Gasteiger partial charge in [0.2, 0.25) is 5.91 Å². The van der Waals surface area contributed by atoms with Gasteiger partial charge in [0.25, 0.3) is 0 Å². The van der Waals surface area contributed by atoms with Crippen LogP contribution in [0, 0.1) is 6.92 Å². The third-order valence-corrected chi connectivity index (χ3v) is 8.13. The number of aromatic nitrogens is 2. The number of nitrogens with zero attached hydrogens (tertiary/aromatic N) is 4. The first-order valence-corrected chi connectivity index (χ1v) is 14.5. The molecule has 216 valence electrons. The zero-order valence-corrected chi connectivity index (χ0v) is 24.4. The number of rotatable bonds is 9. The molecule has 3 heterocycles. The zero-order chi connectivity index (χ0) is 28.8. The first-order valence-electron chi connectivity index (χ1n) is 14.5. The topological polar surface area (TPSA) is 94.7 Å². The van der Waals surface area contributed by atoms with E-state index in [1.165, 1.54) is 6.08 Å². The molecule has 2 fully saturated rings. The molecular weight excluding hydrogens is 514 g/mol. The largest absolute Gasteiger partial charge is 0.388 e. The van der Waals surface area contributed by atoms with Crippen molar-refractivity contribution >= 4 is 34.5 Å². The van der Waals surface area contributed by atoms with Crippen LogP contribution < -0.4 is 20.9 Å². The predicted molar refractivity (Wildman–Crippen MR) is 167 cm³/mol. The van der Waals surface area contributed by atoms with E-state index in [1.54, 1.807) is 6.33 Å². The number of carbonyl (C=O) groups excluding carboxylic acids is 1.